The molecule has 2 rings (SSSR count). The molecule has 2 aromatic carbocycles. The van der Waals surface area contributed by atoms with E-state index >= 15 is 0 Å². The largest absolute Gasteiger partial charge is 0.324 e. The third kappa shape index (κ3) is 4.14. The minimum atomic E-state index is -3.60. The maximum atomic E-state index is 12.6. The topological polar surface area (TPSA) is 66.5 Å². The Hall–Kier alpha value is -2.34. The van der Waals surface area contributed by atoms with Gasteiger partial charge in [-0.2, -0.15) is 0 Å². The molecule has 0 saturated carbocycles. The van der Waals surface area contributed by atoms with Crippen molar-refractivity contribution in [2.24, 2.45) is 0 Å². The summed E-state index contributed by atoms with van der Waals surface area (Å²) in [5, 5.41) is 2.84. The van der Waals surface area contributed by atoms with Crippen molar-refractivity contribution in [3.63, 3.8) is 0 Å². The number of amides is 1. The van der Waals surface area contributed by atoms with Crippen molar-refractivity contribution in [1.82, 2.24) is 0 Å². The first kappa shape index (κ1) is 18.0. The first-order valence-electron chi connectivity index (χ1n) is 7.77. The second kappa shape index (κ2) is 7.49. The number of para-hydroxylation sites is 2. The SMILES string of the molecule is CCc1ccccc1NC(=O)[C@@H](C)N(c1ccccc1)S(C)(=O)=O. The Morgan fingerprint density at radius 2 is 1.67 bits per heavy atom. The number of anilines is 2. The van der Waals surface area contributed by atoms with E-state index in [2.05, 4.69) is 5.32 Å². The molecule has 0 spiro atoms. The van der Waals surface area contributed by atoms with E-state index in [-0.39, 0.29) is 5.91 Å². The van der Waals surface area contributed by atoms with Crippen molar-refractivity contribution >= 4 is 27.3 Å². The van der Waals surface area contributed by atoms with Gasteiger partial charge in [0.05, 0.1) is 11.9 Å². The normalized spacial score (nSPS) is 12.5. The molecule has 0 aliphatic carbocycles. The van der Waals surface area contributed by atoms with Crippen LogP contribution in [0.5, 0.6) is 0 Å². The molecule has 0 radical (unpaired) electrons. The summed E-state index contributed by atoms with van der Waals surface area (Å²) >= 11 is 0. The highest BCUT2D eigenvalue weighted by Gasteiger charge is 2.29. The van der Waals surface area contributed by atoms with E-state index in [1.54, 1.807) is 37.3 Å². The van der Waals surface area contributed by atoms with Crippen LogP contribution in [0.2, 0.25) is 0 Å². The Kier molecular flexibility index (Phi) is 5.62. The van der Waals surface area contributed by atoms with E-state index in [0.29, 0.717) is 11.4 Å². The molecule has 1 atom stereocenters. The van der Waals surface area contributed by atoms with Crippen molar-refractivity contribution in [2.75, 3.05) is 15.9 Å². The average Bonchev–Trinajstić information content (AvgIpc) is 2.55. The number of rotatable bonds is 6. The van der Waals surface area contributed by atoms with E-state index in [9.17, 15) is 13.2 Å². The fourth-order valence-corrected chi connectivity index (χ4v) is 3.75. The van der Waals surface area contributed by atoms with Gasteiger partial charge in [0.15, 0.2) is 0 Å². The Morgan fingerprint density at radius 1 is 1.08 bits per heavy atom. The molecule has 0 aliphatic heterocycles. The number of nitrogens with one attached hydrogen (secondary N) is 1. The predicted octanol–water partition coefficient (Wildman–Crippen LogP) is 3.04. The third-order valence-electron chi connectivity index (χ3n) is 3.76. The smallest absolute Gasteiger partial charge is 0.248 e. The van der Waals surface area contributed by atoms with Crippen LogP contribution >= 0.6 is 0 Å². The van der Waals surface area contributed by atoms with Crippen molar-refractivity contribution in [3.05, 3.63) is 60.2 Å². The van der Waals surface area contributed by atoms with Gasteiger partial charge in [0.1, 0.15) is 6.04 Å². The summed E-state index contributed by atoms with van der Waals surface area (Å²) in [6.07, 6.45) is 1.88. The van der Waals surface area contributed by atoms with Crippen LogP contribution in [-0.4, -0.2) is 26.6 Å². The minimum absolute atomic E-state index is 0.370. The average molecular weight is 346 g/mol. The van der Waals surface area contributed by atoms with E-state index < -0.39 is 16.1 Å². The van der Waals surface area contributed by atoms with Crippen LogP contribution in [0.25, 0.3) is 0 Å². The molecule has 5 nitrogen and oxygen atoms in total. The molecule has 1 N–H and O–H groups in total. The fourth-order valence-electron chi connectivity index (χ4n) is 2.57. The zero-order chi connectivity index (χ0) is 17.7. The maximum Gasteiger partial charge on any atom is 0.248 e. The number of nitrogens with zero attached hydrogens (tertiary/aromatic N) is 1. The van der Waals surface area contributed by atoms with Crippen LogP contribution in [0.15, 0.2) is 54.6 Å². The molecule has 0 aliphatic rings. The molecule has 0 saturated heterocycles. The highest BCUT2D eigenvalue weighted by Crippen LogP contribution is 2.22. The predicted molar refractivity (Wildman–Crippen MR) is 97.7 cm³/mol. The molecule has 0 unspecified atom stereocenters. The quantitative estimate of drug-likeness (QED) is 0.874. The van der Waals surface area contributed by atoms with Gasteiger partial charge in [-0.15, -0.1) is 0 Å². The number of hydrogen-bond acceptors (Lipinski definition) is 3. The second-order valence-corrected chi connectivity index (χ2v) is 7.43. The third-order valence-corrected chi connectivity index (χ3v) is 5.00. The number of benzene rings is 2. The highest BCUT2D eigenvalue weighted by molar-refractivity contribution is 7.92. The minimum Gasteiger partial charge on any atom is -0.324 e. The number of carbonyl (C=O) groups excluding carboxylic acids is 1. The van der Waals surface area contributed by atoms with E-state index in [0.717, 1.165) is 22.5 Å². The summed E-state index contributed by atoms with van der Waals surface area (Å²) in [5.41, 5.74) is 2.17. The summed E-state index contributed by atoms with van der Waals surface area (Å²) < 4.78 is 25.5. The van der Waals surface area contributed by atoms with Gasteiger partial charge in [0.2, 0.25) is 15.9 Å². The fraction of sp³-hybridized carbons (Fsp3) is 0.278. The molecule has 0 heterocycles. The molecular formula is C18H22N2O3S. The molecule has 1 amide bonds. The van der Waals surface area contributed by atoms with Crippen LogP contribution in [0.4, 0.5) is 11.4 Å². The zero-order valence-electron chi connectivity index (χ0n) is 14.1. The van der Waals surface area contributed by atoms with Crippen LogP contribution in [0.3, 0.4) is 0 Å². The molecule has 2 aromatic rings. The molecule has 0 fully saturated rings. The Labute approximate surface area is 143 Å². The summed E-state index contributed by atoms with van der Waals surface area (Å²) in [5.74, 6) is -0.370. The van der Waals surface area contributed by atoms with Crippen LogP contribution < -0.4 is 9.62 Å². The van der Waals surface area contributed by atoms with E-state index in [1.165, 1.54) is 0 Å². The summed E-state index contributed by atoms with van der Waals surface area (Å²) in [4.78, 5) is 12.6. The molecule has 24 heavy (non-hydrogen) atoms. The first-order chi connectivity index (χ1) is 11.3. The van der Waals surface area contributed by atoms with Crippen molar-refractivity contribution in [1.29, 1.82) is 0 Å². The zero-order valence-corrected chi connectivity index (χ0v) is 14.9. The summed E-state index contributed by atoms with van der Waals surface area (Å²) in [6.45, 7) is 3.58. The highest BCUT2D eigenvalue weighted by atomic mass is 32.2. The van der Waals surface area contributed by atoms with Gasteiger partial charge in [-0.25, -0.2) is 8.42 Å². The van der Waals surface area contributed by atoms with Crippen molar-refractivity contribution in [2.45, 2.75) is 26.3 Å². The van der Waals surface area contributed by atoms with Crippen LogP contribution in [0.1, 0.15) is 19.4 Å². The Bertz CT molecular complexity index is 804. The Balaban J connectivity index is 2.30. The van der Waals surface area contributed by atoms with E-state index in [1.807, 2.05) is 31.2 Å². The molecule has 128 valence electrons. The molecule has 0 bridgehead atoms. The van der Waals surface area contributed by atoms with E-state index in [4.69, 9.17) is 0 Å². The second-order valence-electron chi connectivity index (χ2n) is 5.57. The van der Waals surface area contributed by atoms with Gasteiger partial charge in [-0.3, -0.25) is 9.10 Å². The first-order valence-corrected chi connectivity index (χ1v) is 9.62. The lowest BCUT2D eigenvalue weighted by Crippen LogP contribution is -2.45. The summed E-state index contributed by atoms with van der Waals surface area (Å²) in [7, 11) is -3.60. The summed E-state index contributed by atoms with van der Waals surface area (Å²) in [6, 6.07) is 15.3. The number of carbonyl (C=O) groups is 1. The molecule has 0 aromatic heterocycles. The monoisotopic (exact) mass is 346 g/mol. The van der Waals surface area contributed by atoms with Gasteiger partial charge in [0.25, 0.3) is 0 Å². The lowest BCUT2D eigenvalue weighted by molar-refractivity contribution is -0.116. The number of hydrogen-bond donors (Lipinski definition) is 1. The van der Waals surface area contributed by atoms with Gasteiger partial charge in [-0.1, -0.05) is 43.3 Å². The van der Waals surface area contributed by atoms with Gasteiger partial charge in [-0.05, 0) is 37.1 Å². The van der Waals surface area contributed by atoms with Gasteiger partial charge < -0.3 is 5.32 Å². The lowest BCUT2D eigenvalue weighted by Gasteiger charge is -2.28. The number of aryl methyl sites for hydroxylation is 1. The van der Waals surface area contributed by atoms with Crippen LogP contribution in [-0.2, 0) is 21.2 Å². The standard InChI is InChI=1S/C18H22N2O3S/c1-4-15-10-8-9-13-17(15)19-18(21)14(2)20(24(3,22)23)16-11-6-5-7-12-16/h5-14H,4H2,1-3H3,(H,19,21)/t14-/m1/s1. The van der Waals surface area contributed by atoms with Gasteiger partial charge >= 0.3 is 0 Å². The lowest BCUT2D eigenvalue weighted by atomic mass is 10.1. The molecule has 6 heteroatoms. The molecular weight excluding hydrogens is 324 g/mol. The maximum absolute atomic E-state index is 12.6. The van der Waals surface area contributed by atoms with Crippen molar-refractivity contribution < 1.29 is 13.2 Å². The Morgan fingerprint density at radius 3 is 2.25 bits per heavy atom. The number of sulfonamides is 1. The van der Waals surface area contributed by atoms with Gasteiger partial charge in [0, 0.05) is 5.69 Å². The van der Waals surface area contributed by atoms with Crippen LogP contribution in [0, 0.1) is 0 Å². The van der Waals surface area contributed by atoms with Crippen molar-refractivity contribution in [3.8, 4) is 0 Å².